The first-order valence-corrected chi connectivity index (χ1v) is 14.4. The SMILES string of the molecule is Cn1nc(CS(C)(=O)=O)c2c(Cl)ccc(-c3cc(-c4cccnc4)cnc3[C@@H](N)Cc3cc(F)cc(F)c3)c21. The lowest BCUT2D eigenvalue weighted by molar-refractivity contribution is 0.575. The van der Waals surface area contributed by atoms with Crippen LogP contribution >= 0.6 is 11.6 Å². The molecule has 5 rings (SSSR count). The van der Waals surface area contributed by atoms with Gasteiger partial charge in [0.1, 0.15) is 11.6 Å². The monoisotopic (exact) mass is 567 g/mol. The van der Waals surface area contributed by atoms with E-state index in [1.807, 2.05) is 18.2 Å². The Labute approximate surface area is 229 Å². The van der Waals surface area contributed by atoms with Crippen LogP contribution in [0.2, 0.25) is 5.02 Å². The molecule has 0 aliphatic rings. The molecule has 2 N–H and O–H groups in total. The van der Waals surface area contributed by atoms with Gasteiger partial charge in [-0.05, 0) is 42.3 Å². The third-order valence-corrected chi connectivity index (χ3v) is 7.45. The number of aryl methyl sites for hydroxylation is 1. The van der Waals surface area contributed by atoms with Crippen LogP contribution in [-0.4, -0.2) is 34.4 Å². The maximum Gasteiger partial charge on any atom is 0.153 e. The van der Waals surface area contributed by atoms with Crippen LogP contribution in [-0.2, 0) is 29.1 Å². The molecule has 1 atom stereocenters. The molecule has 0 aliphatic carbocycles. The molecule has 0 spiro atoms. The van der Waals surface area contributed by atoms with E-state index in [4.69, 9.17) is 22.3 Å². The van der Waals surface area contributed by atoms with Crippen LogP contribution in [0.5, 0.6) is 0 Å². The fourth-order valence-electron chi connectivity index (χ4n) is 4.78. The topological polar surface area (TPSA) is 104 Å². The largest absolute Gasteiger partial charge is 0.322 e. The van der Waals surface area contributed by atoms with Gasteiger partial charge in [0, 0.05) is 65.6 Å². The molecule has 200 valence electrons. The molecule has 0 radical (unpaired) electrons. The highest BCUT2D eigenvalue weighted by Gasteiger charge is 2.23. The van der Waals surface area contributed by atoms with Gasteiger partial charge in [0.05, 0.1) is 33.7 Å². The zero-order chi connectivity index (χ0) is 27.9. The van der Waals surface area contributed by atoms with Crippen LogP contribution in [0, 0.1) is 11.6 Å². The number of sulfone groups is 1. The first kappa shape index (κ1) is 26.9. The van der Waals surface area contributed by atoms with Crippen molar-refractivity contribution >= 4 is 32.3 Å². The molecule has 5 aromatic rings. The summed E-state index contributed by atoms with van der Waals surface area (Å²) in [4.78, 5) is 8.89. The second-order valence-corrected chi connectivity index (χ2v) is 12.0. The Bertz CT molecular complexity index is 1790. The molecule has 0 bridgehead atoms. The second kappa shape index (κ2) is 10.4. The summed E-state index contributed by atoms with van der Waals surface area (Å²) < 4.78 is 53.6. The Morgan fingerprint density at radius 3 is 2.44 bits per heavy atom. The van der Waals surface area contributed by atoms with E-state index in [9.17, 15) is 17.2 Å². The molecule has 0 saturated carbocycles. The Morgan fingerprint density at radius 1 is 1.03 bits per heavy atom. The second-order valence-electron chi connectivity index (χ2n) is 9.45. The maximum absolute atomic E-state index is 13.9. The smallest absolute Gasteiger partial charge is 0.153 e. The third-order valence-electron chi connectivity index (χ3n) is 6.34. The number of hydrogen-bond acceptors (Lipinski definition) is 6. The predicted octanol–water partition coefficient (Wildman–Crippen LogP) is 5.42. The van der Waals surface area contributed by atoms with Crippen molar-refractivity contribution in [1.82, 2.24) is 19.7 Å². The molecule has 0 saturated heterocycles. The molecule has 11 heteroatoms. The van der Waals surface area contributed by atoms with E-state index in [0.717, 1.165) is 23.4 Å². The molecule has 0 unspecified atom stereocenters. The molecule has 3 aromatic heterocycles. The minimum atomic E-state index is -3.39. The van der Waals surface area contributed by atoms with Crippen molar-refractivity contribution in [3.63, 3.8) is 0 Å². The zero-order valence-corrected chi connectivity index (χ0v) is 22.6. The highest BCUT2D eigenvalue weighted by atomic mass is 35.5. The number of rotatable bonds is 7. The van der Waals surface area contributed by atoms with E-state index in [2.05, 4.69) is 10.1 Å². The van der Waals surface area contributed by atoms with Gasteiger partial charge in [0.25, 0.3) is 0 Å². The number of pyridine rings is 2. The van der Waals surface area contributed by atoms with Crippen molar-refractivity contribution in [1.29, 1.82) is 0 Å². The van der Waals surface area contributed by atoms with Crippen molar-refractivity contribution in [3.05, 3.63) is 101 Å². The van der Waals surface area contributed by atoms with E-state index in [1.54, 1.807) is 42.5 Å². The van der Waals surface area contributed by atoms with Gasteiger partial charge in [-0.1, -0.05) is 23.7 Å². The number of nitrogens with zero attached hydrogens (tertiary/aromatic N) is 4. The van der Waals surface area contributed by atoms with Crippen molar-refractivity contribution in [2.75, 3.05) is 6.26 Å². The fourth-order valence-corrected chi connectivity index (χ4v) is 5.74. The van der Waals surface area contributed by atoms with Crippen molar-refractivity contribution < 1.29 is 17.2 Å². The summed E-state index contributed by atoms with van der Waals surface area (Å²) in [5.74, 6) is -1.66. The zero-order valence-electron chi connectivity index (χ0n) is 21.1. The van der Waals surface area contributed by atoms with Gasteiger partial charge in [-0.3, -0.25) is 14.6 Å². The number of fused-ring (bicyclic) bond motifs is 1. The Morgan fingerprint density at radius 2 is 1.77 bits per heavy atom. The van der Waals surface area contributed by atoms with E-state index in [1.165, 1.54) is 12.1 Å². The van der Waals surface area contributed by atoms with Crippen LogP contribution in [0.3, 0.4) is 0 Å². The lowest BCUT2D eigenvalue weighted by Gasteiger charge is -2.18. The van der Waals surface area contributed by atoms with Crippen LogP contribution < -0.4 is 5.73 Å². The highest BCUT2D eigenvalue weighted by molar-refractivity contribution is 7.89. The van der Waals surface area contributed by atoms with Gasteiger partial charge in [0.2, 0.25) is 0 Å². The van der Waals surface area contributed by atoms with E-state index in [0.29, 0.717) is 44.0 Å². The third kappa shape index (κ3) is 5.68. The van der Waals surface area contributed by atoms with Gasteiger partial charge < -0.3 is 5.73 Å². The average Bonchev–Trinajstić information content (AvgIpc) is 3.18. The van der Waals surface area contributed by atoms with Crippen LogP contribution in [0.1, 0.15) is 23.0 Å². The fraction of sp³-hybridized carbons (Fsp3) is 0.179. The minimum Gasteiger partial charge on any atom is -0.322 e. The summed E-state index contributed by atoms with van der Waals surface area (Å²) in [7, 11) is -1.68. The standard InChI is InChI=1S/C28H24ClF2N5O2S/c1-36-28-21(5-6-23(29)26(28)25(35-36)15-39(2,37)38)22-11-18(17-4-3-7-33-13-17)14-34-27(22)24(32)10-16-8-19(30)12-20(31)9-16/h3-9,11-14,24H,10,15,32H2,1-2H3/t24-/m0/s1. The van der Waals surface area contributed by atoms with Crippen molar-refractivity contribution in [3.8, 4) is 22.3 Å². The number of nitrogens with two attached hydrogens (primary N) is 1. The molecule has 3 heterocycles. The lowest BCUT2D eigenvalue weighted by atomic mass is 9.92. The molecule has 39 heavy (non-hydrogen) atoms. The van der Waals surface area contributed by atoms with Gasteiger partial charge >= 0.3 is 0 Å². The van der Waals surface area contributed by atoms with E-state index >= 15 is 0 Å². The first-order chi connectivity index (χ1) is 18.5. The van der Waals surface area contributed by atoms with E-state index < -0.39 is 27.5 Å². The first-order valence-electron chi connectivity index (χ1n) is 11.9. The summed E-state index contributed by atoms with van der Waals surface area (Å²) in [5, 5.41) is 5.35. The Hall–Kier alpha value is -3.73. The van der Waals surface area contributed by atoms with Crippen LogP contribution in [0.25, 0.3) is 33.2 Å². The summed E-state index contributed by atoms with van der Waals surface area (Å²) in [6.07, 6.45) is 6.32. The molecule has 0 fully saturated rings. The minimum absolute atomic E-state index is 0.127. The predicted molar refractivity (Wildman–Crippen MR) is 148 cm³/mol. The Balaban J connectivity index is 1.72. The number of halogens is 3. The van der Waals surface area contributed by atoms with Gasteiger partial charge in [-0.25, -0.2) is 17.2 Å². The molecule has 2 aromatic carbocycles. The summed E-state index contributed by atoms with van der Waals surface area (Å²) in [5.41, 5.74) is 11.4. The van der Waals surface area contributed by atoms with Crippen molar-refractivity contribution in [2.45, 2.75) is 18.2 Å². The van der Waals surface area contributed by atoms with Gasteiger partial charge in [0.15, 0.2) is 9.84 Å². The number of aromatic nitrogens is 4. The molecular weight excluding hydrogens is 544 g/mol. The lowest BCUT2D eigenvalue weighted by Crippen LogP contribution is -2.17. The molecule has 0 amide bonds. The quantitative estimate of drug-likeness (QED) is 0.282. The highest BCUT2D eigenvalue weighted by Crippen LogP contribution is 2.39. The molecule has 0 aliphatic heterocycles. The molecule has 7 nitrogen and oxygen atoms in total. The van der Waals surface area contributed by atoms with E-state index in [-0.39, 0.29) is 12.2 Å². The van der Waals surface area contributed by atoms with Crippen LogP contribution in [0.15, 0.2) is 67.1 Å². The van der Waals surface area contributed by atoms with Crippen LogP contribution in [0.4, 0.5) is 8.78 Å². The van der Waals surface area contributed by atoms with Gasteiger partial charge in [-0.2, -0.15) is 5.10 Å². The van der Waals surface area contributed by atoms with Crippen molar-refractivity contribution in [2.24, 2.45) is 12.8 Å². The maximum atomic E-state index is 13.9. The molecular formula is C28H24ClF2N5O2S. The average molecular weight is 568 g/mol. The normalized spacial score (nSPS) is 12.7. The summed E-state index contributed by atoms with van der Waals surface area (Å²) >= 11 is 6.56. The Kier molecular flexibility index (Phi) is 7.19. The number of benzene rings is 2. The van der Waals surface area contributed by atoms with Gasteiger partial charge in [-0.15, -0.1) is 0 Å². The summed E-state index contributed by atoms with van der Waals surface area (Å²) in [6.45, 7) is 0. The number of hydrogen-bond donors (Lipinski definition) is 1. The summed E-state index contributed by atoms with van der Waals surface area (Å²) in [6, 6.07) is 11.7.